The van der Waals surface area contributed by atoms with E-state index in [2.05, 4.69) is 85.6 Å². The second-order valence-electron chi connectivity index (χ2n) is 11.5. The minimum absolute atomic E-state index is 0.0134. The first-order valence-corrected chi connectivity index (χ1v) is 17.5. The van der Waals surface area contributed by atoms with Crippen molar-refractivity contribution >= 4 is 26.0 Å². The van der Waals surface area contributed by atoms with Crippen molar-refractivity contribution in [1.29, 1.82) is 0 Å². The molecule has 236 valence electrons. The standard InChI is InChI=1S/C37H37BrN4O3S/c1-3-24-42-33(26-40-46(43,44)36-39-23-25-41(36)2)35(28-19-21-32(38)22-20-28)34(42)27-45-37(29-13-7-4-8-14-29,30-15-9-5-10-16-30)31-17-11-6-12-18-31/h3-23,25,33-35,40H,1,24,26-27H2,2H3/t33-,34+,35-/m0/s1. The fourth-order valence-corrected chi connectivity index (χ4v) is 8.08. The van der Waals surface area contributed by atoms with Gasteiger partial charge in [-0.15, -0.1) is 6.58 Å². The van der Waals surface area contributed by atoms with Crippen LogP contribution in [0, 0.1) is 0 Å². The number of imidazole rings is 1. The van der Waals surface area contributed by atoms with E-state index in [-0.39, 0.29) is 29.7 Å². The summed E-state index contributed by atoms with van der Waals surface area (Å²) in [5.41, 5.74) is 3.33. The minimum atomic E-state index is -3.82. The fraction of sp³-hybridized carbons (Fsp3) is 0.216. The number of nitrogens with zero attached hydrogens (tertiary/aromatic N) is 3. The maximum Gasteiger partial charge on any atom is 0.274 e. The Labute approximate surface area is 279 Å². The first kappa shape index (κ1) is 32.1. The summed E-state index contributed by atoms with van der Waals surface area (Å²) in [5.74, 6) is -0.0165. The molecule has 0 saturated carbocycles. The van der Waals surface area contributed by atoms with Crippen molar-refractivity contribution in [3.05, 3.63) is 167 Å². The summed E-state index contributed by atoms with van der Waals surface area (Å²) < 4.78 is 39.1. The molecule has 1 aromatic heterocycles. The number of rotatable bonds is 13. The minimum Gasteiger partial charge on any atom is -0.359 e. The van der Waals surface area contributed by atoms with Crippen molar-refractivity contribution in [2.75, 3.05) is 19.7 Å². The number of hydrogen-bond acceptors (Lipinski definition) is 5. The average molecular weight is 698 g/mol. The highest BCUT2D eigenvalue weighted by Crippen LogP contribution is 2.45. The van der Waals surface area contributed by atoms with E-state index in [0.29, 0.717) is 13.2 Å². The molecule has 2 heterocycles. The fourth-order valence-electron chi connectivity index (χ4n) is 6.66. The Morgan fingerprint density at radius 3 is 1.89 bits per heavy atom. The molecule has 9 heteroatoms. The summed E-state index contributed by atoms with van der Waals surface area (Å²) >= 11 is 3.57. The van der Waals surface area contributed by atoms with Gasteiger partial charge in [-0.05, 0) is 34.4 Å². The lowest BCUT2D eigenvalue weighted by Crippen LogP contribution is -2.67. The van der Waals surface area contributed by atoms with Crippen LogP contribution in [-0.4, -0.2) is 54.6 Å². The number of sulfonamides is 1. The van der Waals surface area contributed by atoms with E-state index in [1.165, 1.54) is 10.8 Å². The van der Waals surface area contributed by atoms with E-state index in [1.54, 1.807) is 13.2 Å². The molecular weight excluding hydrogens is 660 g/mol. The summed E-state index contributed by atoms with van der Waals surface area (Å²) in [6, 6.07) is 39.1. The Bertz CT molecular complexity index is 1750. The van der Waals surface area contributed by atoms with Crippen molar-refractivity contribution < 1.29 is 13.2 Å². The van der Waals surface area contributed by atoms with Crippen LogP contribution < -0.4 is 4.72 Å². The molecule has 46 heavy (non-hydrogen) atoms. The van der Waals surface area contributed by atoms with Gasteiger partial charge in [-0.3, -0.25) is 4.90 Å². The normalized spacial score (nSPS) is 18.6. The summed E-state index contributed by atoms with van der Waals surface area (Å²) in [5, 5.41) is -0.0134. The van der Waals surface area contributed by atoms with Crippen molar-refractivity contribution in [2.24, 2.45) is 7.05 Å². The molecule has 5 aromatic rings. The van der Waals surface area contributed by atoms with Crippen LogP contribution in [0.25, 0.3) is 0 Å². The summed E-state index contributed by atoms with van der Waals surface area (Å²) in [6.07, 6.45) is 4.97. The quantitative estimate of drug-likeness (QED) is 0.113. The van der Waals surface area contributed by atoms with Gasteiger partial charge in [-0.2, -0.15) is 0 Å². The van der Waals surface area contributed by atoms with Gasteiger partial charge in [0.25, 0.3) is 10.0 Å². The van der Waals surface area contributed by atoms with Crippen molar-refractivity contribution in [1.82, 2.24) is 19.2 Å². The molecule has 1 N–H and O–H groups in total. The number of benzene rings is 4. The van der Waals surface area contributed by atoms with E-state index >= 15 is 0 Å². The van der Waals surface area contributed by atoms with E-state index in [9.17, 15) is 8.42 Å². The number of likely N-dealkylation sites (tertiary alicyclic amines) is 1. The molecule has 1 aliphatic rings. The summed E-state index contributed by atoms with van der Waals surface area (Å²) in [6.45, 7) is 5.20. The lowest BCUT2D eigenvalue weighted by Gasteiger charge is -2.56. The zero-order valence-corrected chi connectivity index (χ0v) is 28.0. The van der Waals surface area contributed by atoms with Crippen molar-refractivity contribution in [3.8, 4) is 0 Å². The Morgan fingerprint density at radius 1 is 0.870 bits per heavy atom. The van der Waals surface area contributed by atoms with Gasteiger partial charge in [0, 0.05) is 55.0 Å². The summed E-state index contributed by atoms with van der Waals surface area (Å²) in [4.78, 5) is 6.35. The number of aryl methyl sites for hydroxylation is 1. The van der Waals surface area contributed by atoms with Gasteiger partial charge < -0.3 is 9.30 Å². The monoisotopic (exact) mass is 696 g/mol. The van der Waals surface area contributed by atoms with Gasteiger partial charge in [0.1, 0.15) is 5.60 Å². The van der Waals surface area contributed by atoms with Gasteiger partial charge >= 0.3 is 0 Å². The third kappa shape index (κ3) is 6.26. The SMILES string of the molecule is C=CCN1[C@H](COC(c2ccccc2)(c2ccccc2)c2ccccc2)[C@@H](c2ccc(Br)cc2)[C@@H]1CNS(=O)(=O)c1nccn1C. The van der Waals surface area contributed by atoms with Crippen LogP contribution in [0.2, 0.25) is 0 Å². The zero-order valence-electron chi connectivity index (χ0n) is 25.6. The third-order valence-electron chi connectivity index (χ3n) is 8.79. The van der Waals surface area contributed by atoms with Crippen LogP contribution in [0.4, 0.5) is 0 Å². The van der Waals surface area contributed by atoms with Crippen LogP contribution in [-0.2, 0) is 27.4 Å². The van der Waals surface area contributed by atoms with Gasteiger partial charge in [-0.1, -0.05) is 125 Å². The van der Waals surface area contributed by atoms with E-state index < -0.39 is 15.6 Å². The lowest BCUT2D eigenvalue weighted by atomic mass is 9.74. The van der Waals surface area contributed by atoms with Gasteiger partial charge in [0.15, 0.2) is 0 Å². The Hall–Kier alpha value is -3.86. The Morgan fingerprint density at radius 2 is 1.41 bits per heavy atom. The molecule has 6 rings (SSSR count). The first-order valence-electron chi connectivity index (χ1n) is 15.2. The van der Waals surface area contributed by atoms with Crippen LogP contribution in [0.5, 0.6) is 0 Å². The number of nitrogens with one attached hydrogen (secondary N) is 1. The number of halogens is 1. The molecule has 1 aliphatic heterocycles. The lowest BCUT2D eigenvalue weighted by molar-refractivity contribution is -0.0870. The molecular formula is C37H37BrN4O3S. The highest BCUT2D eigenvalue weighted by atomic mass is 79.9. The van der Waals surface area contributed by atoms with Gasteiger partial charge in [0.05, 0.1) is 6.61 Å². The maximum atomic E-state index is 13.3. The average Bonchev–Trinajstić information content (AvgIpc) is 3.53. The Kier molecular flexibility index (Phi) is 9.67. The molecule has 0 radical (unpaired) electrons. The molecule has 0 bridgehead atoms. The zero-order chi connectivity index (χ0) is 32.1. The number of ether oxygens (including phenoxy) is 1. The number of hydrogen-bond donors (Lipinski definition) is 1. The predicted molar refractivity (Wildman–Crippen MR) is 185 cm³/mol. The van der Waals surface area contributed by atoms with E-state index in [4.69, 9.17) is 4.74 Å². The molecule has 1 fully saturated rings. The second-order valence-corrected chi connectivity index (χ2v) is 14.0. The molecule has 4 aromatic carbocycles. The second kappa shape index (κ2) is 13.9. The molecule has 0 spiro atoms. The molecule has 3 atom stereocenters. The molecule has 0 aliphatic carbocycles. The third-order valence-corrected chi connectivity index (χ3v) is 10.7. The van der Waals surface area contributed by atoms with E-state index in [1.807, 2.05) is 72.8 Å². The summed E-state index contributed by atoms with van der Waals surface area (Å²) in [7, 11) is -2.15. The predicted octanol–water partition coefficient (Wildman–Crippen LogP) is 6.49. The Balaban J connectivity index is 1.38. The smallest absolute Gasteiger partial charge is 0.274 e. The van der Waals surface area contributed by atoms with Gasteiger partial charge in [0.2, 0.25) is 5.16 Å². The number of aromatic nitrogens is 2. The highest BCUT2D eigenvalue weighted by Gasteiger charge is 2.50. The highest BCUT2D eigenvalue weighted by molar-refractivity contribution is 9.10. The van der Waals surface area contributed by atoms with Crippen LogP contribution in [0.1, 0.15) is 28.2 Å². The van der Waals surface area contributed by atoms with Crippen LogP contribution in [0.3, 0.4) is 0 Å². The largest absolute Gasteiger partial charge is 0.359 e. The molecule has 0 amide bonds. The van der Waals surface area contributed by atoms with Crippen LogP contribution >= 0.6 is 15.9 Å². The first-order chi connectivity index (χ1) is 22.3. The molecule has 1 saturated heterocycles. The topological polar surface area (TPSA) is 76.5 Å². The van der Waals surface area contributed by atoms with Crippen LogP contribution in [0.15, 0.2) is 150 Å². The maximum absolute atomic E-state index is 13.3. The van der Waals surface area contributed by atoms with Gasteiger partial charge in [-0.25, -0.2) is 18.1 Å². The van der Waals surface area contributed by atoms with Crippen molar-refractivity contribution in [2.45, 2.75) is 28.8 Å². The molecule has 0 unspecified atom stereocenters. The van der Waals surface area contributed by atoms with E-state index in [0.717, 1.165) is 26.7 Å². The molecule has 7 nitrogen and oxygen atoms in total. The van der Waals surface area contributed by atoms with Crippen molar-refractivity contribution in [3.63, 3.8) is 0 Å².